The Hall–Kier alpha value is -1.44. The van der Waals surface area contributed by atoms with Crippen molar-refractivity contribution in [3.05, 3.63) is 24.0 Å². The molecule has 7 heteroatoms. The van der Waals surface area contributed by atoms with Gasteiger partial charge in [-0.05, 0) is 44.9 Å². The van der Waals surface area contributed by atoms with Crippen molar-refractivity contribution in [2.24, 2.45) is 0 Å². The summed E-state index contributed by atoms with van der Waals surface area (Å²) in [6, 6.07) is 4.93. The van der Waals surface area contributed by atoms with E-state index in [4.69, 9.17) is 4.98 Å². The third-order valence-corrected chi connectivity index (χ3v) is 7.34. The summed E-state index contributed by atoms with van der Waals surface area (Å²) in [6.07, 6.45) is 3.59. The smallest absolute Gasteiger partial charge is 0.181 e. The van der Waals surface area contributed by atoms with Gasteiger partial charge in [0.1, 0.15) is 5.82 Å². The van der Waals surface area contributed by atoms with E-state index in [1.54, 1.807) is 18.2 Å². The van der Waals surface area contributed by atoms with Crippen LogP contribution in [0.1, 0.15) is 66.1 Å². The monoisotopic (exact) mass is 408 g/mol. The maximum Gasteiger partial charge on any atom is 0.181 e. The lowest BCUT2D eigenvalue weighted by atomic mass is 9.94. The van der Waals surface area contributed by atoms with E-state index in [0.717, 1.165) is 37.0 Å². The molecule has 2 N–H and O–H groups in total. The number of hydrogen-bond acceptors (Lipinski definition) is 5. The SMILES string of the molecule is CC(C)(O)CS(=O)(=O)c1ccc2c(c1)nc(C(C)(C)C)n2CC1(O)CCCC1. The molecule has 0 amide bonds. The molecule has 0 radical (unpaired) electrons. The van der Waals surface area contributed by atoms with Gasteiger partial charge in [0.05, 0.1) is 39.4 Å². The Bertz CT molecular complexity index is 972. The van der Waals surface area contributed by atoms with E-state index in [9.17, 15) is 18.6 Å². The van der Waals surface area contributed by atoms with Crippen LogP contribution in [0.4, 0.5) is 0 Å². The molecule has 1 heterocycles. The molecule has 1 saturated carbocycles. The standard InChI is InChI=1S/C21H32N2O4S/c1-19(2,3)18-22-16-12-15(28(26,27)14-20(4,5)24)8-9-17(16)23(18)13-21(25)10-6-7-11-21/h8-9,12,24-25H,6-7,10-11,13-14H2,1-5H3. The number of fused-ring (bicyclic) bond motifs is 1. The van der Waals surface area contributed by atoms with E-state index in [1.165, 1.54) is 13.8 Å². The van der Waals surface area contributed by atoms with E-state index in [1.807, 2.05) is 4.57 Å². The fourth-order valence-corrected chi connectivity index (χ4v) is 5.73. The molecule has 6 nitrogen and oxygen atoms in total. The largest absolute Gasteiger partial charge is 0.389 e. The molecule has 1 aromatic heterocycles. The Morgan fingerprint density at radius 2 is 1.75 bits per heavy atom. The zero-order valence-electron chi connectivity index (χ0n) is 17.5. The summed E-state index contributed by atoms with van der Waals surface area (Å²) in [7, 11) is -3.63. The predicted molar refractivity (Wildman–Crippen MR) is 110 cm³/mol. The minimum Gasteiger partial charge on any atom is -0.389 e. The van der Waals surface area contributed by atoms with Gasteiger partial charge in [0.25, 0.3) is 0 Å². The van der Waals surface area contributed by atoms with Crippen molar-refractivity contribution < 1.29 is 18.6 Å². The van der Waals surface area contributed by atoms with Crippen LogP contribution >= 0.6 is 0 Å². The Kier molecular flexibility index (Phi) is 5.18. The number of benzene rings is 1. The molecule has 0 saturated heterocycles. The molecule has 2 aromatic rings. The molecule has 0 atom stereocenters. The third-order valence-electron chi connectivity index (χ3n) is 5.28. The van der Waals surface area contributed by atoms with Gasteiger partial charge in [-0.25, -0.2) is 13.4 Å². The first-order valence-electron chi connectivity index (χ1n) is 9.89. The molecule has 0 aliphatic heterocycles. The van der Waals surface area contributed by atoms with Crippen molar-refractivity contribution in [2.75, 3.05) is 5.75 Å². The van der Waals surface area contributed by atoms with Crippen molar-refractivity contribution >= 4 is 20.9 Å². The Morgan fingerprint density at radius 1 is 1.14 bits per heavy atom. The van der Waals surface area contributed by atoms with Crippen molar-refractivity contribution in [3.8, 4) is 0 Å². The second kappa shape index (κ2) is 6.82. The summed E-state index contributed by atoms with van der Waals surface area (Å²) < 4.78 is 27.4. The van der Waals surface area contributed by atoms with Crippen LogP contribution in [0.2, 0.25) is 0 Å². The van der Waals surface area contributed by atoms with Crippen molar-refractivity contribution in [2.45, 2.75) is 88.4 Å². The van der Waals surface area contributed by atoms with E-state index >= 15 is 0 Å². The predicted octanol–water partition coefficient (Wildman–Crippen LogP) is 3.18. The minimum absolute atomic E-state index is 0.159. The van der Waals surface area contributed by atoms with Gasteiger partial charge >= 0.3 is 0 Å². The van der Waals surface area contributed by atoms with E-state index in [-0.39, 0.29) is 16.1 Å². The van der Waals surface area contributed by atoms with Gasteiger partial charge in [-0.2, -0.15) is 0 Å². The average Bonchev–Trinajstić information content (AvgIpc) is 3.09. The van der Waals surface area contributed by atoms with E-state index in [2.05, 4.69) is 20.8 Å². The fraction of sp³-hybridized carbons (Fsp3) is 0.667. The van der Waals surface area contributed by atoms with Crippen LogP contribution in [0.5, 0.6) is 0 Å². The number of aliphatic hydroxyl groups is 2. The highest BCUT2D eigenvalue weighted by atomic mass is 32.2. The lowest BCUT2D eigenvalue weighted by molar-refractivity contribution is 0.0296. The van der Waals surface area contributed by atoms with Gasteiger partial charge in [0.15, 0.2) is 9.84 Å². The van der Waals surface area contributed by atoms with E-state index < -0.39 is 21.0 Å². The molecule has 1 aromatic carbocycles. The molecule has 3 rings (SSSR count). The van der Waals surface area contributed by atoms with Gasteiger partial charge in [0, 0.05) is 5.41 Å². The average molecular weight is 409 g/mol. The molecule has 28 heavy (non-hydrogen) atoms. The Labute approximate surface area is 167 Å². The number of rotatable bonds is 5. The highest BCUT2D eigenvalue weighted by Crippen LogP contribution is 2.35. The summed E-state index contributed by atoms with van der Waals surface area (Å²) in [5.74, 6) is 0.484. The first kappa shape index (κ1) is 21.3. The van der Waals surface area contributed by atoms with Gasteiger partial charge in [0.2, 0.25) is 0 Å². The summed E-state index contributed by atoms with van der Waals surface area (Å²) >= 11 is 0. The molecular formula is C21H32N2O4S. The Balaban J connectivity index is 2.10. The summed E-state index contributed by atoms with van der Waals surface area (Å²) in [5.41, 5.74) is -0.870. The highest BCUT2D eigenvalue weighted by Gasteiger charge is 2.35. The zero-order chi connectivity index (χ0) is 21.0. The molecule has 1 aliphatic carbocycles. The van der Waals surface area contributed by atoms with Gasteiger partial charge in [-0.1, -0.05) is 33.6 Å². The molecule has 1 aliphatic rings. The lowest BCUT2D eigenvalue weighted by Crippen LogP contribution is -2.33. The first-order chi connectivity index (χ1) is 12.7. The summed E-state index contributed by atoms with van der Waals surface area (Å²) in [4.78, 5) is 4.91. The minimum atomic E-state index is -3.63. The third kappa shape index (κ3) is 4.42. The van der Waals surface area contributed by atoms with Crippen LogP contribution in [-0.4, -0.2) is 45.1 Å². The number of hydrogen-bond donors (Lipinski definition) is 2. The van der Waals surface area contributed by atoms with Gasteiger partial charge < -0.3 is 14.8 Å². The number of aromatic nitrogens is 2. The second-order valence-electron chi connectivity index (χ2n) is 9.93. The van der Waals surface area contributed by atoms with Crippen LogP contribution < -0.4 is 0 Å². The molecule has 1 fully saturated rings. The number of sulfone groups is 1. The van der Waals surface area contributed by atoms with Crippen molar-refractivity contribution in [1.82, 2.24) is 9.55 Å². The molecule has 0 spiro atoms. The molecule has 156 valence electrons. The molecular weight excluding hydrogens is 376 g/mol. The van der Waals surface area contributed by atoms with Gasteiger partial charge in [-0.3, -0.25) is 0 Å². The van der Waals surface area contributed by atoms with Crippen LogP contribution in [0.3, 0.4) is 0 Å². The van der Waals surface area contributed by atoms with Crippen molar-refractivity contribution in [1.29, 1.82) is 0 Å². The maximum atomic E-state index is 12.7. The molecule has 0 bridgehead atoms. The second-order valence-corrected chi connectivity index (χ2v) is 11.9. The zero-order valence-corrected chi connectivity index (χ0v) is 18.3. The molecule has 0 unspecified atom stereocenters. The van der Waals surface area contributed by atoms with Crippen molar-refractivity contribution in [3.63, 3.8) is 0 Å². The number of imidazole rings is 1. The fourth-order valence-electron chi connectivity index (χ4n) is 4.07. The van der Waals surface area contributed by atoms with Crippen LogP contribution in [-0.2, 0) is 21.8 Å². The number of nitrogens with zero attached hydrogens (tertiary/aromatic N) is 2. The van der Waals surface area contributed by atoms with E-state index in [0.29, 0.717) is 12.1 Å². The Morgan fingerprint density at radius 3 is 2.29 bits per heavy atom. The maximum absolute atomic E-state index is 12.7. The first-order valence-corrected chi connectivity index (χ1v) is 11.5. The lowest BCUT2D eigenvalue weighted by Gasteiger charge is -2.27. The summed E-state index contributed by atoms with van der Waals surface area (Å²) in [5, 5.41) is 20.9. The normalized spacial score (nSPS) is 18.1. The summed E-state index contributed by atoms with van der Waals surface area (Å²) in [6.45, 7) is 9.63. The quantitative estimate of drug-likeness (QED) is 0.793. The topological polar surface area (TPSA) is 92.4 Å². The van der Waals surface area contributed by atoms with Gasteiger partial charge in [-0.15, -0.1) is 0 Å². The van der Waals surface area contributed by atoms with Crippen LogP contribution in [0.25, 0.3) is 11.0 Å². The van der Waals surface area contributed by atoms with Crippen LogP contribution in [0, 0.1) is 0 Å². The highest BCUT2D eigenvalue weighted by molar-refractivity contribution is 7.91. The van der Waals surface area contributed by atoms with Crippen LogP contribution in [0.15, 0.2) is 23.1 Å².